The summed E-state index contributed by atoms with van der Waals surface area (Å²) in [5, 5.41) is 0. The maximum atomic E-state index is 11.2. The maximum absolute atomic E-state index is 11.2. The summed E-state index contributed by atoms with van der Waals surface area (Å²) in [6.45, 7) is 4.36. The van der Waals surface area contributed by atoms with Crippen molar-refractivity contribution in [3.63, 3.8) is 0 Å². The molecule has 0 radical (unpaired) electrons. The third-order valence-electron chi connectivity index (χ3n) is 4.01. The van der Waals surface area contributed by atoms with E-state index in [1.54, 1.807) is 0 Å². The Kier molecular flexibility index (Phi) is 5.00. The van der Waals surface area contributed by atoms with E-state index in [-0.39, 0.29) is 0 Å². The molecule has 86 valence electrons. The summed E-state index contributed by atoms with van der Waals surface area (Å²) in [6.07, 6.45) is 8.54. The van der Waals surface area contributed by atoms with Crippen molar-refractivity contribution in [2.45, 2.75) is 51.9 Å². The summed E-state index contributed by atoms with van der Waals surface area (Å²) in [4.78, 5) is 19.2. The summed E-state index contributed by atoms with van der Waals surface area (Å²) < 4.78 is 0. The van der Waals surface area contributed by atoms with E-state index in [0.717, 1.165) is 30.6 Å². The first-order valence-corrected chi connectivity index (χ1v) is 6.06. The quantitative estimate of drug-likeness (QED) is 0.666. The van der Waals surface area contributed by atoms with E-state index in [9.17, 15) is 4.79 Å². The number of Topliss-reactive ketones (excluding diaryl/α,β-unsaturated/α-hetero) is 1. The zero-order chi connectivity index (χ0) is 11.3. The second-order valence-electron chi connectivity index (χ2n) is 5.06. The van der Waals surface area contributed by atoms with Crippen molar-refractivity contribution in [3.05, 3.63) is 0 Å². The van der Waals surface area contributed by atoms with Gasteiger partial charge in [0.05, 0.1) is 0 Å². The molecular weight excluding hydrogens is 188 g/mol. The van der Waals surface area contributed by atoms with Crippen molar-refractivity contribution in [1.29, 1.82) is 0 Å². The molecule has 2 rings (SSSR count). The topological polar surface area (TPSA) is 34.1 Å². The summed E-state index contributed by atoms with van der Waals surface area (Å²) in [7, 11) is 0. The monoisotopic (exact) mass is 210 g/mol. The molecule has 2 nitrogen and oxygen atoms in total. The molecule has 2 aliphatic rings. The molecule has 15 heavy (non-hydrogen) atoms. The number of carbonyl (C=O) groups excluding carboxylic acids is 2. The number of ketones is 1. The Hall–Kier alpha value is -0.660. The van der Waals surface area contributed by atoms with E-state index in [1.807, 2.05) is 6.79 Å². The van der Waals surface area contributed by atoms with Gasteiger partial charge < -0.3 is 4.79 Å². The van der Waals surface area contributed by atoms with Gasteiger partial charge in [0.1, 0.15) is 12.6 Å². The summed E-state index contributed by atoms with van der Waals surface area (Å²) >= 11 is 0. The number of carbonyl (C=O) groups is 2. The van der Waals surface area contributed by atoms with Crippen molar-refractivity contribution >= 4 is 12.6 Å². The first-order chi connectivity index (χ1) is 7.25. The van der Waals surface area contributed by atoms with Crippen LogP contribution in [0.3, 0.4) is 0 Å². The summed E-state index contributed by atoms with van der Waals surface area (Å²) in [5.74, 6) is 3.11. The van der Waals surface area contributed by atoms with Crippen molar-refractivity contribution in [2.24, 2.45) is 17.8 Å². The van der Waals surface area contributed by atoms with Gasteiger partial charge in [-0.25, -0.2) is 0 Å². The highest BCUT2D eigenvalue weighted by Crippen LogP contribution is 2.39. The molecule has 2 aliphatic carbocycles. The van der Waals surface area contributed by atoms with Crippen LogP contribution in [0.25, 0.3) is 0 Å². The number of hydrogen-bond donors (Lipinski definition) is 0. The molecule has 1 unspecified atom stereocenters. The fourth-order valence-corrected chi connectivity index (χ4v) is 3.00. The van der Waals surface area contributed by atoms with Gasteiger partial charge in [0.25, 0.3) is 0 Å². The summed E-state index contributed by atoms with van der Waals surface area (Å²) in [6, 6.07) is 0. The Balaban J connectivity index is 0.000000531. The van der Waals surface area contributed by atoms with Crippen LogP contribution in [0, 0.1) is 17.8 Å². The minimum atomic E-state index is 0.517. The smallest absolute Gasteiger partial charge is 0.133 e. The standard InChI is InChI=1S/C12H20O.CH2O/c1-9-2-4-10(5-3-9)11-6-7-12(13)8-11;1-2/h9-11H,2-8H2,1H3;1H2. The number of rotatable bonds is 1. The van der Waals surface area contributed by atoms with Crippen LogP contribution >= 0.6 is 0 Å². The lowest BCUT2D eigenvalue weighted by Crippen LogP contribution is -2.19. The predicted molar refractivity (Wildman–Crippen MR) is 60.6 cm³/mol. The second-order valence-corrected chi connectivity index (χ2v) is 5.06. The van der Waals surface area contributed by atoms with Crippen LogP contribution < -0.4 is 0 Å². The molecule has 0 aromatic heterocycles. The Labute approximate surface area is 92.4 Å². The highest BCUT2D eigenvalue weighted by atomic mass is 16.1. The van der Waals surface area contributed by atoms with Gasteiger partial charge in [0, 0.05) is 12.8 Å². The largest absolute Gasteiger partial charge is 0.307 e. The molecule has 0 spiro atoms. The first kappa shape index (κ1) is 12.4. The fourth-order valence-electron chi connectivity index (χ4n) is 3.00. The molecule has 0 N–H and O–H groups in total. The van der Waals surface area contributed by atoms with Gasteiger partial charge >= 0.3 is 0 Å². The van der Waals surface area contributed by atoms with E-state index < -0.39 is 0 Å². The minimum Gasteiger partial charge on any atom is -0.307 e. The van der Waals surface area contributed by atoms with E-state index in [4.69, 9.17) is 4.79 Å². The Morgan fingerprint density at radius 1 is 1.00 bits per heavy atom. The molecule has 2 heteroatoms. The molecule has 0 bridgehead atoms. The summed E-state index contributed by atoms with van der Waals surface area (Å²) in [5.41, 5.74) is 0. The van der Waals surface area contributed by atoms with Crippen LogP contribution in [0.1, 0.15) is 51.9 Å². The maximum Gasteiger partial charge on any atom is 0.133 e. The predicted octanol–water partition coefficient (Wildman–Crippen LogP) is 3.00. The van der Waals surface area contributed by atoms with Crippen LogP contribution in [0.5, 0.6) is 0 Å². The first-order valence-electron chi connectivity index (χ1n) is 6.06. The molecule has 1 atom stereocenters. The van der Waals surface area contributed by atoms with Crippen molar-refractivity contribution in [2.75, 3.05) is 0 Å². The minimum absolute atomic E-state index is 0.517. The fraction of sp³-hybridized carbons (Fsp3) is 0.846. The SMILES string of the molecule is C=O.CC1CCC(C2CCC(=O)C2)CC1. The third kappa shape index (κ3) is 3.44. The van der Waals surface area contributed by atoms with Crippen molar-refractivity contribution < 1.29 is 9.59 Å². The normalized spacial score (nSPS) is 35.8. The highest BCUT2D eigenvalue weighted by molar-refractivity contribution is 5.80. The molecule has 2 saturated carbocycles. The number of hydrogen-bond acceptors (Lipinski definition) is 2. The lowest BCUT2D eigenvalue weighted by atomic mass is 9.76. The zero-order valence-electron chi connectivity index (χ0n) is 9.71. The van der Waals surface area contributed by atoms with Gasteiger partial charge in [0.2, 0.25) is 0 Å². The average molecular weight is 210 g/mol. The van der Waals surface area contributed by atoms with Gasteiger partial charge in [-0.15, -0.1) is 0 Å². The average Bonchev–Trinajstić information content (AvgIpc) is 2.69. The Morgan fingerprint density at radius 3 is 2.07 bits per heavy atom. The van der Waals surface area contributed by atoms with Gasteiger partial charge in [-0.05, 0) is 37.0 Å². The molecule has 0 aromatic carbocycles. The van der Waals surface area contributed by atoms with E-state index in [1.165, 1.54) is 32.1 Å². The molecule has 0 aliphatic heterocycles. The van der Waals surface area contributed by atoms with Crippen LogP contribution in [0.15, 0.2) is 0 Å². The van der Waals surface area contributed by atoms with Crippen LogP contribution in [-0.4, -0.2) is 12.6 Å². The highest BCUT2D eigenvalue weighted by Gasteiger charge is 2.31. The van der Waals surface area contributed by atoms with Crippen LogP contribution in [0.4, 0.5) is 0 Å². The van der Waals surface area contributed by atoms with Gasteiger partial charge in [0.15, 0.2) is 0 Å². The van der Waals surface area contributed by atoms with Gasteiger partial charge in [-0.3, -0.25) is 4.79 Å². The molecular formula is C13H22O2. The zero-order valence-corrected chi connectivity index (χ0v) is 9.71. The lowest BCUT2D eigenvalue weighted by molar-refractivity contribution is -0.117. The molecule has 2 fully saturated rings. The van der Waals surface area contributed by atoms with E-state index in [2.05, 4.69) is 6.92 Å². The van der Waals surface area contributed by atoms with Gasteiger partial charge in [-0.1, -0.05) is 19.8 Å². The second kappa shape index (κ2) is 6.04. The van der Waals surface area contributed by atoms with E-state index in [0.29, 0.717) is 5.78 Å². The third-order valence-corrected chi connectivity index (χ3v) is 4.01. The van der Waals surface area contributed by atoms with Crippen LogP contribution in [-0.2, 0) is 9.59 Å². The van der Waals surface area contributed by atoms with Crippen molar-refractivity contribution in [3.8, 4) is 0 Å². The van der Waals surface area contributed by atoms with E-state index >= 15 is 0 Å². The Bertz CT molecular complexity index is 205. The van der Waals surface area contributed by atoms with Gasteiger partial charge in [-0.2, -0.15) is 0 Å². The Morgan fingerprint density at radius 2 is 1.60 bits per heavy atom. The molecule has 0 aromatic rings. The molecule has 0 amide bonds. The molecule has 0 heterocycles. The van der Waals surface area contributed by atoms with Crippen molar-refractivity contribution in [1.82, 2.24) is 0 Å². The lowest BCUT2D eigenvalue weighted by Gasteiger charge is -2.30. The molecule has 0 saturated heterocycles. The van der Waals surface area contributed by atoms with Crippen LogP contribution in [0.2, 0.25) is 0 Å².